The van der Waals surface area contributed by atoms with Gasteiger partial charge in [0.15, 0.2) is 0 Å². The molecule has 21 heavy (non-hydrogen) atoms. The molecule has 0 radical (unpaired) electrons. The van der Waals surface area contributed by atoms with E-state index in [2.05, 4.69) is 0 Å². The van der Waals surface area contributed by atoms with E-state index in [0.717, 1.165) is 11.1 Å². The average molecular weight is 304 g/mol. The predicted molar refractivity (Wildman–Crippen MR) is 82.0 cm³/mol. The zero-order chi connectivity index (χ0) is 15.5. The van der Waals surface area contributed by atoms with Gasteiger partial charge in [-0.05, 0) is 43.2 Å². The summed E-state index contributed by atoms with van der Waals surface area (Å²) in [6.07, 6.45) is 0. The highest BCUT2D eigenvalue weighted by atomic mass is 31.2. The van der Waals surface area contributed by atoms with Crippen molar-refractivity contribution in [2.75, 3.05) is 7.11 Å². The first-order valence-corrected chi connectivity index (χ1v) is 8.04. The van der Waals surface area contributed by atoms with Crippen molar-refractivity contribution >= 4 is 18.9 Å². The molecule has 0 amide bonds. The molecule has 0 aliphatic carbocycles. The molecule has 0 aliphatic rings. The Morgan fingerprint density at radius 1 is 1.00 bits per heavy atom. The summed E-state index contributed by atoms with van der Waals surface area (Å²) < 4.78 is 23.1. The fourth-order valence-corrected chi connectivity index (χ4v) is 3.50. The van der Waals surface area contributed by atoms with E-state index in [1.807, 2.05) is 19.9 Å². The number of carbonyl (C=O) groups excluding carboxylic acids is 1. The predicted octanol–water partition coefficient (Wildman–Crippen LogP) is 3.63. The van der Waals surface area contributed by atoms with Crippen molar-refractivity contribution in [1.82, 2.24) is 0 Å². The quantitative estimate of drug-likeness (QED) is 0.809. The Morgan fingerprint density at radius 3 is 2.29 bits per heavy atom. The highest BCUT2D eigenvalue weighted by Crippen LogP contribution is 2.47. The van der Waals surface area contributed by atoms with E-state index < -0.39 is 13.6 Å². The fraction of sp³-hybridized carbons (Fsp3) is 0.188. The maximum atomic E-state index is 12.9. The molecule has 0 saturated heterocycles. The van der Waals surface area contributed by atoms with Crippen molar-refractivity contribution in [2.45, 2.75) is 13.8 Å². The van der Waals surface area contributed by atoms with Crippen LogP contribution in [0.4, 0.5) is 0 Å². The summed E-state index contributed by atoms with van der Waals surface area (Å²) in [5.41, 5.74) is 2.09. The smallest absolute Gasteiger partial charge is 0.385 e. The molecule has 0 N–H and O–H groups in total. The van der Waals surface area contributed by atoms with Crippen molar-refractivity contribution in [2.24, 2.45) is 0 Å². The highest BCUT2D eigenvalue weighted by Gasteiger charge is 2.32. The van der Waals surface area contributed by atoms with Crippen molar-refractivity contribution in [3.05, 3.63) is 65.2 Å². The summed E-state index contributed by atoms with van der Waals surface area (Å²) in [7, 11) is -2.41. The minimum Gasteiger partial charge on any atom is -0.385 e. The van der Waals surface area contributed by atoms with Crippen LogP contribution in [-0.4, -0.2) is 13.1 Å². The number of hydrogen-bond acceptors (Lipinski definition) is 4. The van der Waals surface area contributed by atoms with E-state index in [9.17, 15) is 9.36 Å². The van der Waals surface area contributed by atoms with Gasteiger partial charge < -0.3 is 4.52 Å². The maximum absolute atomic E-state index is 12.9. The molecule has 2 aromatic rings. The summed E-state index contributed by atoms with van der Waals surface area (Å²) >= 11 is 0. The third-order valence-corrected chi connectivity index (χ3v) is 5.29. The van der Waals surface area contributed by atoms with Gasteiger partial charge in [0.1, 0.15) is 0 Å². The van der Waals surface area contributed by atoms with Crippen LogP contribution in [0.1, 0.15) is 21.5 Å². The summed E-state index contributed by atoms with van der Waals surface area (Å²) in [6, 6.07) is 13.7. The second-order valence-corrected chi connectivity index (χ2v) is 6.67. The van der Waals surface area contributed by atoms with Crippen molar-refractivity contribution in [3.63, 3.8) is 0 Å². The van der Waals surface area contributed by atoms with Crippen LogP contribution in [0.3, 0.4) is 0 Å². The number of hydrogen-bond donors (Lipinski definition) is 0. The molecule has 2 aromatic carbocycles. The van der Waals surface area contributed by atoms with Crippen LogP contribution < -0.4 is 5.30 Å². The summed E-state index contributed by atoms with van der Waals surface area (Å²) in [5, 5.41) is 0.411. The van der Waals surface area contributed by atoms with Crippen LogP contribution in [0.15, 0.2) is 48.5 Å². The minimum absolute atomic E-state index is 0.333. The molecule has 0 bridgehead atoms. The lowest BCUT2D eigenvalue weighted by atomic mass is 10.1. The van der Waals surface area contributed by atoms with Crippen LogP contribution in [0.25, 0.3) is 0 Å². The minimum atomic E-state index is -3.69. The Bertz CT molecular complexity index is 695. The van der Waals surface area contributed by atoms with Crippen LogP contribution in [-0.2, 0) is 13.6 Å². The standard InChI is InChI=1S/C16H17O4P/c1-12-8-7-11-15(13(12)2)21(18,19-3)20-16(17)14-9-5-4-6-10-14/h4-11H,1-3H3. The molecular weight excluding hydrogens is 287 g/mol. The van der Waals surface area contributed by atoms with E-state index in [1.165, 1.54) is 7.11 Å². The van der Waals surface area contributed by atoms with Crippen molar-refractivity contribution < 1.29 is 18.4 Å². The molecule has 2 rings (SSSR count). The van der Waals surface area contributed by atoms with Gasteiger partial charge in [-0.1, -0.05) is 30.3 Å². The van der Waals surface area contributed by atoms with Crippen LogP contribution >= 0.6 is 7.60 Å². The van der Waals surface area contributed by atoms with Crippen LogP contribution in [0.2, 0.25) is 0 Å². The molecule has 0 heterocycles. The summed E-state index contributed by atoms with van der Waals surface area (Å²) in [6.45, 7) is 3.73. The number of aryl methyl sites for hydroxylation is 1. The molecule has 0 fully saturated rings. The number of benzene rings is 2. The maximum Gasteiger partial charge on any atom is 0.413 e. The molecule has 5 heteroatoms. The first kappa shape index (κ1) is 15.5. The lowest BCUT2D eigenvalue weighted by molar-refractivity contribution is 0.0714. The van der Waals surface area contributed by atoms with Gasteiger partial charge in [0, 0.05) is 7.11 Å². The Balaban J connectivity index is 2.36. The monoisotopic (exact) mass is 304 g/mol. The third-order valence-electron chi connectivity index (χ3n) is 3.32. The number of rotatable bonds is 4. The van der Waals surface area contributed by atoms with E-state index in [-0.39, 0.29) is 0 Å². The fourth-order valence-electron chi connectivity index (χ4n) is 1.95. The molecular formula is C16H17O4P. The molecule has 0 saturated carbocycles. The van der Waals surface area contributed by atoms with Crippen molar-refractivity contribution in [1.29, 1.82) is 0 Å². The van der Waals surface area contributed by atoms with Gasteiger partial charge in [-0.25, -0.2) is 9.36 Å². The Morgan fingerprint density at radius 2 is 1.67 bits per heavy atom. The second-order valence-electron chi connectivity index (χ2n) is 4.64. The van der Waals surface area contributed by atoms with Gasteiger partial charge in [0.05, 0.1) is 10.9 Å². The van der Waals surface area contributed by atoms with Crippen LogP contribution in [0, 0.1) is 13.8 Å². The lowest BCUT2D eigenvalue weighted by Gasteiger charge is -2.18. The topological polar surface area (TPSA) is 52.6 Å². The van der Waals surface area contributed by atoms with Gasteiger partial charge in [0.2, 0.25) is 0 Å². The zero-order valence-corrected chi connectivity index (χ0v) is 13.1. The first-order chi connectivity index (χ1) is 9.98. The van der Waals surface area contributed by atoms with E-state index in [1.54, 1.807) is 42.5 Å². The SMILES string of the molecule is COP(=O)(OC(=O)c1ccccc1)c1cccc(C)c1C. The average Bonchev–Trinajstić information content (AvgIpc) is 2.50. The summed E-state index contributed by atoms with van der Waals surface area (Å²) in [4.78, 5) is 12.1. The highest BCUT2D eigenvalue weighted by molar-refractivity contribution is 7.62. The first-order valence-electron chi connectivity index (χ1n) is 6.49. The lowest BCUT2D eigenvalue weighted by Crippen LogP contribution is -2.16. The van der Waals surface area contributed by atoms with Gasteiger partial charge in [-0.2, -0.15) is 0 Å². The van der Waals surface area contributed by atoms with Gasteiger partial charge >= 0.3 is 13.6 Å². The zero-order valence-electron chi connectivity index (χ0n) is 12.2. The normalized spacial score (nSPS) is 13.5. The number of carbonyl (C=O) groups is 1. The van der Waals surface area contributed by atoms with Gasteiger partial charge in [0.25, 0.3) is 0 Å². The second kappa shape index (κ2) is 6.25. The van der Waals surface area contributed by atoms with E-state index >= 15 is 0 Å². The molecule has 4 nitrogen and oxygen atoms in total. The molecule has 110 valence electrons. The molecule has 1 atom stereocenters. The van der Waals surface area contributed by atoms with E-state index in [0.29, 0.717) is 10.9 Å². The summed E-state index contributed by atoms with van der Waals surface area (Å²) in [5.74, 6) is -0.665. The van der Waals surface area contributed by atoms with Crippen molar-refractivity contribution in [3.8, 4) is 0 Å². The third kappa shape index (κ3) is 3.23. The Hall–Kier alpha value is -1.90. The van der Waals surface area contributed by atoms with Gasteiger partial charge in [-0.3, -0.25) is 4.52 Å². The molecule has 0 aliphatic heterocycles. The Kier molecular flexibility index (Phi) is 4.61. The van der Waals surface area contributed by atoms with Crippen LogP contribution in [0.5, 0.6) is 0 Å². The molecule has 0 aromatic heterocycles. The van der Waals surface area contributed by atoms with Gasteiger partial charge in [-0.15, -0.1) is 0 Å². The Labute approximate surface area is 124 Å². The molecule has 1 unspecified atom stereocenters. The molecule has 0 spiro atoms. The van der Waals surface area contributed by atoms with E-state index in [4.69, 9.17) is 9.05 Å². The largest absolute Gasteiger partial charge is 0.413 e.